The molecule has 0 rings (SSSR count). The van der Waals surface area contributed by atoms with E-state index in [2.05, 4.69) is 17.9 Å². The molecule has 4 nitrogen and oxygen atoms in total. The molecule has 0 aromatic heterocycles. The molecule has 0 saturated carbocycles. The summed E-state index contributed by atoms with van der Waals surface area (Å²) in [5, 5.41) is 11.1. The first-order valence-electron chi connectivity index (χ1n) is 5.02. The number of rotatable bonds is 6. The van der Waals surface area contributed by atoms with Gasteiger partial charge in [0.1, 0.15) is 6.04 Å². The summed E-state index contributed by atoms with van der Waals surface area (Å²) in [6.07, 6.45) is 0.724. The number of carbonyl (C=O) groups excluding carboxylic acids is 1. The monoisotopic (exact) mass is 233 g/mol. The molecule has 1 unspecified atom stereocenters. The summed E-state index contributed by atoms with van der Waals surface area (Å²) in [7, 11) is 0. The van der Waals surface area contributed by atoms with Crippen LogP contribution in [-0.2, 0) is 9.59 Å². The van der Waals surface area contributed by atoms with Gasteiger partial charge in [-0.15, -0.1) is 0 Å². The number of aliphatic carboxylic acids is 1. The van der Waals surface area contributed by atoms with Crippen molar-refractivity contribution in [3.05, 3.63) is 0 Å². The van der Waals surface area contributed by atoms with Gasteiger partial charge in [-0.05, 0) is 19.3 Å². The Morgan fingerprint density at radius 3 is 2.20 bits per heavy atom. The molecule has 88 valence electrons. The van der Waals surface area contributed by atoms with E-state index in [0.29, 0.717) is 11.7 Å². The first kappa shape index (κ1) is 14.3. The Kier molecular flexibility index (Phi) is 6.40. The zero-order valence-electron chi connectivity index (χ0n) is 9.36. The molecule has 0 aliphatic rings. The number of carboxylic acids is 1. The van der Waals surface area contributed by atoms with Gasteiger partial charge in [-0.3, -0.25) is 9.59 Å². The second-order valence-electron chi connectivity index (χ2n) is 4.08. The first-order chi connectivity index (χ1) is 6.88. The molecule has 0 heterocycles. The van der Waals surface area contributed by atoms with Crippen molar-refractivity contribution in [1.29, 1.82) is 0 Å². The zero-order chi connectivity index (χ0) is 12.0. The predicted octanol–water partition coefficient (Wildman–Crippen LogP) is 1.17. The molecule has 0 aliphatic carbocycles. The van der Waals surface area contributed by atoms with Crippen molar-refractivity contribution in [3.63, 3.8) is 0 Å². The van der Waals surface area contributed by atoms with Crippen LogP contribution in [0.4, 0.5) is 0 Å². The Morgan fingerprint density at radius 1 is 1.33 bits per heavy atom. The molecule has 2 atom stereocenters. The highest BCUT2D eigenvalue weighted by Gasteiger charge is 2.21. The highest BCUT2D eigenvalue weighted by Crippen LogP contribution is 2.13. The van der Waals surface area contributed by atoms with Crippen molar-refractivity contribution in [2.75, 3.05) is 5.75 Å². The molecule has 15 heavy (non-hydrogen) atoms. The van der Waals surface area contributed by atoms with E-state index in [-0.39, 0.29) is 11.8 Å². The molecule has 0 aromatic carbocycles. The van der Waals surface area contributed by atoms with E-state index in [1.807, 2.05) is 13.8 Å². The van der Waals surface area contributed by atoms with Crippen LogP contribution in [0.15, 0.2) is 0 Å². The Balaban J connectivity index is 4.21. The van der Waals surface area contributed by atoms with Crippen molar-refractivity contribution in [1.82, 2.24) is 5.32 Å². The summed E-state index contributed by atoms with van der Waals surface area (Å²) in [5.41, 5.74) is 0. The van der Waals surface area contributed by atoms with Gasteiger partial charge in [0, 0.05) is 11.7 Å². The van der Waals surface area contributed by atoms with Crippen LogP contribution >= 0.6 is 12.6 Å². The molecule has 0 radical (unpaired) electrons. The highest BCUT2D eigenvalue weighted by atomic mass is 32.1. The Hall–Kier alpha value is -0.710. The Bertz CT molecular complexity index is 231. The number of hydrogen-bond donors (Lipinski definition) is 3. The minimum absolute atomic E-state index is 0.213. The van der Waals surface area contributed by atoms with Crippen LogP contribution in [0.5, 0.6) is 0 Å². The molecule has 0 saturated heterocycles. The molecule has 0 fully saturated rings. The van der Waals surface area contributed by atoms with Crippen LogP contribution in [0.1, 0.15) is 27.2 Å². The third kappa shape index (κ3) is 5.67. The van der Waals surface area contributed by atoms with E-state index >= 15 is 0 Å². The normalized spacial score (nSPS) is 14.7. The first-order valence-corrected chi connectivity index (χ1v) is 5.65. The SMILES string of the molecule is CC(C)CC(CS)C(=O)N[C@@H](C)C(=O)O. The number of hydrogen-bond acceptors (Lipinski definition) is 3. The number of amides is 1. The van der Waals surface area contributed by atoms with Crippen LogP contribution in [-0.4, -0.2) is 28.8 Å². The van der Waals surface area contributed by atoms with Crippen molar-refractivity contribution in [2.45, 2.75) is 33.2 Å². The predicted molar refractivity (Wildman–Crippen MR) is 62.0 cm³/mol. The number of carboxylic acid groups (broad SMARTS) is 1. The molecule has 1 amide bonds. The molecule has 5 heteroatoms. The summed E-state index contributed by atoms with van der Waals surface area (Å²) in [6.45, 7) is 5.49. The van der Waals surface area contributed by atoms with Crippen LogP contribution in [0.3, 0.4) is 0 Å². The van der Waals surface area contributed by atoms with Gasteiger partial charge in [0.05, 0.1) is 0 Å². The van der Waals surface area contributed by atoms with Gasteiger partial charge in [0.25, 0.3) is 0 Å². The van der Waals surface area contributed by atoms with E-state index in [1.54, 1.807) is 0 Å². The lowest BCUT2D eigenvalue weighted by molar-refractivity contribution is -0.141. The summed E-state index contributed by atoms with van der Waals surface area (Å²) >= 11 is 4.10. The molecule has 0 spiro atoms. The van der Waals surface area contributed by atoms with Gasteiger partial charge >= 0.3 is 5.97 Å². The fourth-order valence-corrected chi connectivity index (χ4v) is 1.54. The quantitative estimate of drug-likeness (QED) is 0.603. The number of nitrogens with one attached hydrogen (secondary N) is 1. The molecule has 2 N–H and O–H groups in total. The fourth-order valence-electron chi connectivity index (χ4n) is 1.23. The number of carbonyl (C=O) groups is 2. The molecule has 0 bridgehead atoms. The minimum atomic E-state index is -1.02. The standard InChI is InChI=1S/C10H19NO3S/c1-6(2)4-8(5-15)9(12)11-7(3)10(13)14/h6-8,15H,4-5H2,1-3H3,(H,11,12)(H,13,14)/t7-,8?/m0/s1. The van der Waals surface area contributed by atoms with Crippen LogP contribution in [0, 0.1) is 11.8 Å². The van der Waals surface area contributed by atoms with Gasteiger partial charge in [0.15, 0.2) is 0 Å². The summed E-state index contributed by atoms with van der Waals surface area (Å²) < 4.78 is 0. The summed E-state index contributed by atoms with van der Waals surface area (Å²) in [5.74, 6) is -0.626. The van der Waals surface area contributed by atoms with E-state index in [4.69, 9.17) is 5.11 Å². The van der Waals surface area contributed by atoms with Crippen LogP contribution < -0.4 is 5.32 Å². The summed E-state index contributed by atoms with van der Waals surface area (Å²) in [4.78, 5) is 22.1. The van der Waals surface area contributed by atoms with Gasteiger partial charge in [-0.2, -0.15) is 12.6 Å². The second kappa shape index (κ2) is 6.71. The lowest BCUT2D eigenvalue weighted by Crippen LogP contribution is -2.42. The molecular formula is C10H19NO3S. The lowest BCUT2D eigenvalue weighted by Gasteiger charge is -2.18. The molecule has 0 aliphatic heterocycles. The number of thiol groups is 1. The van der Waals surface area contributed by atoms with Crippen LogP contribution in [0.2, 0.25) is 0 Å². The second-order valence-corrected chi connectivity index (χ2v) is 4.44. The Morgan fingerprint density at radius 2 is 1.87 bits per heavy atom. The fraction of sp³-hybridized carbons (Fsp3) is 0.800. The maximum absolute atomic E-state index is 11.6. The summed E-state index contributed by atoms with van der Waals surface area (Å²) in [6, 6.07) is -0.841. The van der Waals surface area contributed by atoms with Crippen molar-refractivity contribution in [3.8, 4) is 0 Å². The average molecular weight is 233 g/mol. The third-order valence-corrected chi connectivity index (χ3v) is 2.52. The van der Waals surface area contributed by atoms with Gasteiger partial charge in [-0.25, -0.2) is 0 Å². The topological polar surface area (TPSA) is 66.4 Å². The molecule has 0 aromatic rings. The van der Waals surface area contributed by atoms with Crippen molar-refractivity contribution < 1.29 is 14.7 Å². The minimum Gasteiger partial charge on any atom is -0.480 e. The van der Waals surface area contributed by atoms with E-state index in [9.17, 15) is 9.59 Å². The Labute approximate surface area is 95.8 Å². The maximum atomic E-state index is 11.6. The largest absolute Gasteiger partial charge is 0.480 e. The van der Waals surface area contributed by atoms with Crippen molar-refractivity contribution >= 4 is 24.5 Å². The zero-order valence-corrected chi connectivity index (χ0v) is 10.3. The average Bonchev–Trinajstić information content (AvgIpc) is 2.13. The van der Waals surface area contributed by atoms with Gasteiger partial charge in [0.2, 0.25) is 5.91 Å². The highest BCUT2D eigenvalue weighted by molar-refractivity contribution is 7.80. The molecular weight excluding hydrogens is 214 g/mol. The maximum Gasteiger partial charge on any atom is 0.325 e. The van der Waals surface area contributed by atoms with E-state index < -0.39 is 12.0 Å². The third-order valence-electron chi connectivity index (χ3n) is 2.08. The van der Waals surface area contributed by atoms with E-state index in [0.717, 1.165) is 6.42 Å². The van der Waals surface area contributed by atoms with Gasteiger partial charge in [-0.1, -0.05) is 13.8 Å². The smallest absolute Gasteiger partial charge is 0.325 e. The van der Waals surface area contributed by atoms with Crippen LogP contribution in [0.25, 0.3) is 0 Å². The van der Waals surface area contributed by atoms with E-state index in [1.165, 1.54) is 6.92 Å². The lowest BCUT2D eigenvalue weighted by atomic mass is 9.98. The van der Waals surface area contributed by atoms with Gasteiger partial charge < -0.3 is 10.4 Å². The van der Waals surface area contributed by atoms with Crippen molar-refractivity contribution in [2.24, 2.45) is 11.8 Å².